The normalized spacial score (nSPS) is 28.8. The first-order chi connectivity index (χ1) is 16.2. The molecule has 2 aromatic carbocycles. The fraction of sp³-hybridized carbons (Fsp3) is 0.417. The largest absolute Gasteiger partial charge is 0.346 e. The minimum Gasteiger partial charge on any atom is -0.346 e. The average molecular weight is 464 g/mol. The second-order valence-corrected chi connectivity index (χ2v) is 10.0. The highest BCUT2D eigenvalue weighted by Gasteiger charge is 2.58. The molecule has 2 N–H and O–H groups in total. The molecule has 2 aromatic rings. The van der Waals surface area contributed by atoms with Crippen molar-refractivity contribution in [3.63, 3.8) is 0 Å². The summed E-state index contributed by atoms with van der Waals surface area (Å²) in [5.41, 5.74) is -0.805. The van der Waals surface area contributed by atoms with E-state index in [4.69, 9.17) is 0 Å². The van der Waals surface area contributed by atoms with Crippen molar-refractivity contribution in [2.24, 2.45) is 11.8 Å². The summed E-state index contributed by atoms with van der Waals surface area (Å²) in [6.07, 6.45) is 4.82. The zero-order valence-corrected chi connectivity index (χ0v) is 18.4. The third-order valence-electron chi connectivity index (χ3n) is 7.46. The summed E-state index contributed by atoms with van der Waals surface area (Å²) in [7, 11) is 0. The molecule has 4 saturated carbocycles. The molecule has 0 aromatic heterocycles. The van der Waals surface area contributed by atoms with Gasteiger partial charge in [-0.3, -0.25) is 29.8 Å². The maximum absolute atomic E-state index is 13.1. The number of hydrogen-bond acceptors (Lipinski definition) is 6. The molecule has 10 nitrogen and oxygen atoms in total. The summed E-state index contributed by atoms with van der Waals surface area (Å²) < 4.78 is 0. The van der Waals surface area contributed by atoms with E-state index < -0.39 is 20.9 Å². The van der Waals surface area contributed by atoms with Gasteiger partial charge in [0.05, 0.1) is 9.85 Å². The van der Waals surface area contributed by atoms with Crippen LogP contribution in [-0.2, 0) is 0 Å². The second-order valence-electron chi connectivity index (χ2n) is 10.0. The third kappa shape index (κ3) is 4.00. The van der Waals surface area contributed by atoms with Crippen molar-refractivity contribution in [2.45, 2.75) is 49.6 Å². The molecule has 0 heterocycles. The van der Waals surface area contributed by atoms with Crippen molar-refractivity contribution in [1.29, 1.82) is 0 Å². The molecule has 4 fully saturated rings. The molecule has 34 heavy (non-hydrogen) atoms. The highest BCUT2D eigenvalue weighted by molar-refractivity contribution is 5.96. The average Bonchev–Trinajstić information content (AvgIpc) is 2.77. The number of benzene rings is 2. The summed E-state index contributed by atoms with van der Waals surface area (Å²) in [5.74, 6) is -0.0224. The zero-order chi connectivity index (χ0) is 24.1. The van der Waals surface area contributed by atoms with Gasteiger partial charge in [0.25, 0.3) is 23.2 Å². The highest BCUT2D eigenvalue weighted by Crippen LogP contribution is 2.57. The minimum absolute atomic E-state index is 0.140. The van der Waals surface area contributed by atoms with Crippen LogP contribution in [0.2, 0.25) is 0 Å². The number of nitrogens with one attached hydrogen (secondary N) is 2. The number of carbonyl (C=O) groups excluding carboxylic acids is 2. The van der Waals surface area contributed by atoms with Gasteiger partial charge in [0, 0.05) is 46.5 Å². The highest BCUT2D eigenvalue weighted by atomic mass is 16.6. The van der Waals surface area contributed by atoms with Gasteiger partial charge in [-0.1, -0.05) is 12.1 Å². The molecule has 176 valence electrons. The first-order valence-electron chi connectivity index (χ1n) is 11.3. The molecule has 0 aliphatic heterocycles. The van der Waals surface area contributed by atoms with Crippen LogP contribution in [0.4, 0.5) is 11.4 Å². The van der Waals surface area contributed by atoms with Gasteiger partial charge in [0.2, 0.25) is 0 Å². The van der Waals surface area contributed by atoms with Crippen LogP contribution in [0.1, 0.15) is 59.2 Å². The topological polar surface area (TPSA) is 144 Å². The summed E-state index contributed by atoms with van der Waals surface area (Å²) in [4.78, 5) is 47.3. The number of carbonyl (C=O) groups is 2. The molecular formula is C24H24N4O6. The number of nitro groups is 2. The smallest absolute Gasteiger partial charge is 0.270 e. The molecule has 0 saturated heterocycles. The summed E-state index contributed by atoms with van der Waals surface area (Å²) in [6.45, 7) is 0. The van der Waals surface area contributed by atoms with Crippen LogP contribution in [0.3, 0.4) is 0 Å². The summed E-state index contributed by atoms with van der Waals surface area (Å²) in [5, 5.41) is 28.5. The monoisotopic (exact) mass is 464 g/mol. The number of amides is 2. The van der Waals surface area contributed by atoms with E-state index in [1.165, 1.54) is 36.4 Å². The Morgan fingerprint density at radius 3 is 1.56 bits per heavy atom. The lowest BCUT2D eigenvalue weighted by Gasteiger charge is -2.62. The van der Waals surface area contributed by atoms with Gasteiger partial charge in [0.1, 0.15) is 0 Å². The van der Waals surface area contributed by atoms with Crippen molar-refractivity contribution < 1.29 is 19.4 Å². The lowest BCUT2D eigenvalue weighted by Crippen LogP contribution is -2.69. The summed E-state index contributed by atoms with van der Waals surface area (Å²) >= 11 is 0. The molecule has 2 amide bonds. The van der Waals surface area contributed by atoms with E-state index in [1.54, 1.807) is 12.1 Å². The summed E-state index contributed by atoms with van der Waals surface area (Å²) in [6, 6.07) is 11.3. The van der Waals surface area contributed by atoms with Gasteiger partial charge < -0.3 is 10.6 Å². The van der Waals surface area contributed by atoms with Crippen LogP contribution >= 0.6 is 0 Å². The quantitative estimate of drug-likeness (QED) is 0.492. The van der Waals surface area contributed by atoms with Crippen molar-refractivity contribution in [3.8, 4) is 0 Å². The van der Waals surface area contributed by atoms with E-state index in [9.17, 15) is 29.8 Å². The molecular weight excluding hydrogens is 440 g/mol. The Morgan fingerprint density at radius 1 is 0.765 bits per heavy atom. The Kier molecular flexibility index (Phi) is 5.11. The van der Waals surface area contributed by atoms with Crippen molar-refractivity contribution in [1.82, 2.24) is 10.6 Å². The van der Waals surface area contributed by atoms with Crippen LogP contribution in [0.25, 0.3) is 0 Å². The Labute approximate surface area is 195 Å². The number of non-ortho nitro benzene ring substituents is 2. The molecule has 0 atom stereocenters. The lowest BCUT2D eigenvalue weighted by molar-refractivity contribution is -0.385. The SMILES string of the molecule is O=C(NC12CC3CC(C1)CC(NC(=O)c1cccc([N+](=O)[O-])c1)(C3)C2)c1cccc([N+](=O)[O-])c1. The lowest BCUT2D eigenvalue weighted by atomic mass is 9.49. The fourth-order valence-corrected chi connectivity index (χ4v) is 6.70. The van der Waals surface area contributed by atoms with E-state index in [0.29, 0.717) is 18.3 Å². The maximum Gasteiger partial charge on any atom is 0.270 e. The van der Waals surface area contributed by atoms with Crippen molar-refractivity contribution in [2.75, 3.05) is 0 Å². The van der Waals surface area contributed by atoms with Gasteiger partial charge >= 0.3 is 0 Å². The van der Waals surface area contributed by atoms with Gasteiger partial charge in [-0.25, -0.2) is 0 Å². The van der Waals surface area contributed by atoms with Crippen LogP contribution in [-0.4, -0.2) is 32.7 Å². The van der Waals surface area contributed by atoms with Crippen LogP contribution in [0.15, 0.2) is 48.5 Å². The van der Waals surface area contributed by atoms with Crippen LogP contribution in [0.5, 0.6) is 0 Å². The molecule has 4 bridgehead atoms. The minimum atomic E-state index is -0.528. The zero-order valence-electron chi connectivity index (χ0n) is 18.4. The predicted molar refractivity (Wildman–Crippen MR) is 121 cm³/mol. The molecule has 4 aliphatic carbocycles. The van der Waals surface area contributed by atoms with Crippen LogP contribution in [0, 0.1) is 32.1 Å². The Balaban J connectivity index is 1.37. The Bertz CT molecular complexity index is 1110. The van der Waals surface area contributed by atoms with Gasteiger partial charge in [0.15, 0.2) is 0 Å². The first kappa shape index (κ1) is 22.0. The van der Waals surface area contributed by atoms with E-state index in [1.807, 2.05) is 0 Å². The molecule has 0 radical (unpaired) electrons. The molecule has 6 rings (SSSR count). The van der Waals surface area contributed by atoms with Crippen molar-refractivity contribution in [3.05, 3.63) is 79.9 Å². The maximum atomic E-state index is 13.1. The van der Waals surface area contributed by atoms with E-state index >= 15 is 0 Å². The Hall–Kier alpha value is -3.82. The standard InChI is InChI=1S/C24H24N4O6/c29-21(17-3-1-5-19(8-17)27(31)32)25-23-10-15-7-16(11-23)13-24(12-15,14-23)26-22(30)18-4-2-6-20(9-18)28(33)34/h1-6,8-9,15-16H,7,10-14H2,(H,25,29)(H,26,30). The van der Waals surface area contributed by atoms with E-state index in [2.05, 4.69) is 10.6 Å². The van der Waals surface area contributed by atoms with Gasteiger partial charge in [-0.2, -0.15) is 0 Å². The third-order valence-corrected chi connectivity index (χ3v) is 7.46. The number of hydrogen-bond donors (Lipinski definition) is 2. The first-order valence-corrected chi connectivity index (χ1v) is 11.3. The van der Waals surface area contributed by atoms with Gasteiger partial charge in [-0.15, -0.1) is 0 Å². The number of nitro benzene ring substituents is 2. The van der Waals surface area contributed by atoms with E-state index in [0.717, 1.165) is 32.1 Å². The fourth-order valence-electron chi connectivity index (χ4n) is 6.70. The number of rotatable bonds is 6. The number of nitrogens with zero attached hydrogens (tertiary/aromatic N) is 2. The van der Waals surface area contributed by atoms with Crippen molar-refractivity contribution >= 4 is 23.2 Å². The van der Waals surface area contributed by atoms with E-state index in [-0.39, 0.29) is 34.3 Å². The molecule has 10 heteroatoms. The Morgan fingerprint density at radius 2 is 1.18 bits per heavy atom. The van der Waals surface area contributed by atoms with Crippen LogP contribution < -0.4 is 10.6 Å². The molecule has 4 aliphatic rings. The predicted octanol–water partition coefficient (Wildman–Crippen LogP) is 3.75. The molecule has 0 spiro atoms. The second kappa shape index (κ2) is 7.89. The van der Waals surface area contributed by atoms with Gasteiger partial charge in [-0.05, 0) is 62.5 Å². The molecule has 0 unspecified atom stereocenters.